The van der Waals surface area contributed by atoms with E-state index >= 15 is 0 Å². The van der Waals surface area contributed by atoms with Crippen molar-refractivity contribution in [2.24, 2.45) is 10.9 Å². The maximum Gasteiger partial charge on any atom is 0.203 e. The number of halogens is 1. The fourth-order valence-electron chi connectivity index (χ4n) is 3.51. The van der Waals surface area contributed by atoms with Crippen molar-refractivity contribution >= 4 is 29.9 Å². The number of aliphatic imine (C=N–C) groups is 1. The van der Waals surface area contributed by atoms with Gasteiger partial charge >= 0.3 is 0 Å². The molecule has 1 fully saturated rings. The highest BCUT2D eigenvalue weighted by atomic mass is 127. The van der Waals surface area contributed by atoms with E-state index in [0.29, 0.717) is 23.8 Å². The largest absolute Gasteiger partial charge is 0.493 e. The van der Waals surface area contributed by atoms with Gasteiger partial charge in [-0.15, -0.1) is 24.0 Å². The van der Waals surface area contributed by atoms with Crippen molar-refractivity contribution in [3.8, 4) is 17.2 Å². The molecule has 2 rings (SSSR count). The Hall–Kier alpha value is -1.38. The Morgan fingerprint density at radius 2 is 1.63 bits per heavy atom. The summed E-state index contributed by atoms with van der Waals surface area (Å²) in [6, 6.07) is 3.90. The van der Waals surface area contributed by atoms with Crippen LogP contribution in [-0.4, -0.2) is 40.9 Å². The zero-order chi connectivity index (χ0) is 18.8. The number of rotatable bonds is 8. The van der Waals surface area contributed by atoms with E-state index in [1.807, 2.05) is 12.1 Å². The molecule has 2 N–H and O–H groups in total. The smallest absolute Gasteiger partial charge is 0.203 e. The van der Waals surface area contributed by atoms with E-state index in [0.717, 1.165) is 24.0 Å². The van der Waals surface area contributed by atoms with E-state index in [1.54, 1.807) is 28.4 Å². The van der Waals surface area contributed by atoms with E-state index in [-0.39, 0.29) is 24.0 Å². The van der Waals surface area contributed by atoms with Crippen LogP contribution in [0.4, 0.5) is 0 Å². The van der Waals surface area contributed by atoms with Crippen molar-refractivity contribution in [2.75, 3.05) is 34.9 Å². The minimum absolute atomic E-state index is 0. The van der Waals surface area contributed by atoms with Crippen LogP contribution in [0, 0.1) is 5.92 Å². The minimum atomic E-state index is 0. The molecule has 0 radical (unpaired) electrons. The number of ether oxygens (including phenoxy) is 3. The monoisotopic (exact) mass is 491 g/mol. The third kappa shape index (κ3) is 7.27. The van der Waals surface area contributed by atoms with E-state index in [2.05, 4.69) is 15.6 Å². The first kappa shape index (κ1) is 23.7. The lowest BCUT2D eigenvalue weighted by atomic mass is 9.87. The van der Waals surface area contributed by atoms with E-state index < -0.39 is 0 Å². The molecule has 0 aliphatic heterocycles. The second-order valence-corrected chi connectivity index (χ2v) is 6.68. The Labute approximate surface area is 180 Å². The van der Waals surface area contributed by atoms with Crippen molar-refractivity contribution in [1.29, 1.82) is 0 Å². The van der Waals surface area contributed by atoms with Gasteiger partial charge in [0.15, 0.2) is 17.5 Å². The summed E-state index contributed by atoms with van der Waals surface area (Å²) >= 11 is 0. The van der Waals surface area contributed by atoms with Crippen LogP contribution in [0.5, 0.6) is 17.2 Å². The lowest BCUT2D eigenvalue weighted by Crippen LogP contribution is -2.37. The fraction of sp³-hybridized carbons (Fsp3) is 0.650. The minimum Gasteiger partial charge on any atom is -0.493 e. The summed E-state index contributed by atoms with van der Waals surface area (Å²) in [4.78, 5) is 4.31. The quantitative estimate of drug-likeness (QED) is 0.328. The summed E-state index contributed by atoms with van der Waals surface area (Å²) in [5.41, 5.74) is 1.04. The number of nitrogens with zero attached hydrogens (tertiary/aromatic N) is 1. The number of benzene rings is 1. The number of hydrogen-bond donors (Lipinski definition) is 2. The van der Waals surface area contributed by atoms with Gasteiger partial charge in [0.05, 0.1) is 21.3 Å². The summed E-state index contributed by atoms with van der Waals surface area (Å²) in [6.45, 7) is 1.58. The van der Waals surface area contributed by atoms with Crippen molar-refractivity contribution < 1.29 is 14.2 Å². The molecule has 1 aliphatic carbocycles. The first-order valence-corrected chi connectivity index (χ1v) is 9.45. The van der Waals surface area contributed by atoms with Crippen LogP contribution >= 0.6 is 24.0 Å². The second-order valence-electron chi connectivity index (χ2n) is 6.68. The van der Waals surface area contributed by atoms with Gasteiger partial charge in [0, 0.05) is 20.1 Å². The van der Waals surface area contributed by atoms with Crippen molar-refractivity contribution in [3.63, 3.8) is 0 Å². The molecular formula is C20H34IN3O3. The van der Waals surface area contributed by atoms with Gasteiger partial charge in [-0.05, 0) is 30.0 Å². The molecule has 0 unspecified atom stereocenters. The highest BCUT2D eigenvalue weighted by Crippen LogP contribution is 2.38. The predicted molar refractivity (Wildman–Crippen MR) is 121 cm³/mol. The Kier molecular flexibility index (Phi) is 11.3. The molecule has 0 amide bonds. The average Bonchev–Trinajstić information content (AvgIpc) is 2.70. The van der Waals surface area contributed by atoms with Gasteiger partial charge in [-0.1, -0.05) is 32.1 Å². The zero-order valence-electron chi connectivity index (χ0n) is 17.0. The van der Waals surface area contributed by atoms with Crippen LogP contribution < -0.4 is 24.8 Å². The Morgan fingerprint density at radius 3 is 2.15 bits per heavy atom. The highest BCUT2D eigenvalue weighted by molar-refractivity contribution is 14.0. The van der Waals surface area contributed by atoms with Gasteiger partial charge in [0.1, 0.15) is 0 Å². The molecule has 0 heterocycles. The molecule has 154 valence electrons. The molecule has 0 saturated heterocycles. The summed E-state index contributed by atoms with van der Waals surface area (Å²) in [7, 11) is 6.65. The normalized spacial score (nSPS) is 14.9. The topological polar surface area (TPSA) is 64.1 Å². The van der Waals surface area contributed by atoms with Gasteiger partial charge < -0.3 is 24.8 Å². The lowest BCUT2D eigenvalue weighted by molar-refractivity contribution is 0.323. The fourth-order valence-corrected chi connectivity index (χ4v) is 3.51. The van der Waals surface area contributed by atoms with E-state index in [1.165, 1.54) is 38.5 Å². The maximum absolute atomic E-state index is 5.41. The van der Waals surface area contributed by atoms with Crippen LogP contribution in [0.3, 0.4) is 0 Å². The highest BCUT2D eigenvalue weighted by Gasteiger charge is 2.14. The molecule has 1 aliphatic rings. The first-order valence-electron chi connectivity index (χ1n) is 9.45. The van der Waals surface area contributed by atoms with Crippen molar-refractivity contribution in [1.82, 2.24) is 10.6 Å². The van der Waals surface area contributed by atoms with Crippen LogP contribution in [0.25, 0.3) is 0 Å². The molecule has 6 nitrogen and oxygen atoms in total. The van der Waals surface area contributed by atoms with E-state index in [9.17, 15) is 0 Å². The summed E-state index contributed by atoms with van der Waals surface area (Å²) in [5, 5.41) is 6.77. The van der Waals surface area contributed by atoms with Crippen molar-refractivity contribution in [3.05, 3.63) is 17.7 Å². The molecule has 0 spiro atoms. The maximum atomic E-state index is 5.41. The van der Waals surface area contributed by atoms with Gasteiger partial charge in [-0.2, -0.15) is 0 Å². The molecule has 7 heteroatoms. The SMILES string of the molecule is CN=C(NCCC1CCCCC1)NCc1cc(OC)c(OC)c(OC)c1.I. The van der Waals surface area contributed by atoms with Crippen molar-refractivity contribution in [2.45, 2.75) is 45.1 Å². The standard InChI is InChI=1S/C20H33N3O3.HI/c1-21-20(22-11-10-15-8-6-5-7-9-15)23-14-16-12-17(24-2)19(26-4)18(13-16)25-3;/h12-13,15H,5-11,14H2,1-4H3,(H2,21,22,23);1H. The van der Waals surface area contributed by atoms with Gasteiger partial charge in [0.2, 0.25) is 5.75 Å². The molecule has 0 atom stereocenters. The third-order valence-corrected chi connectivity index (χ3v) is 4.98. The summed E-state index contributed by atoms with van der Waals surface area (Å²) < 4.78 is 16.2. The summed E-state index contributed by atoms with van der Waals surface area (Å²) in [6.07, 6.45) is 8.14. The molecular weight excluding hydrogens is 457 g/mol. The third-order valence-electron chi connectivity index (χ3n) is 4.98. The second kappa shape index (κ2) is 12.9. The van der Waals surface area contributed by atoms with Gasteiger partial charge in [-0.3, -0.25) is 4.99 Å². The number of nitrogens with one attached hydrogen (secondary N) is 2. The molecule has 0 aromatic heterocycles. The molecule has 0 bridgehead atoms. The zero-order valence-corrected chi connectivity index (χ0v) is 19.3. The Morgan fingerprint density at radius 1 is 1.00 bits per heavy atom. The van der Waals surface area contributed by atoms with E-state index in [4.69, 9.17) is 14.2 Å². The Balaban J connectivity index is 0.00000364. The van der Waals surface area contributed by atoms with Gasteiger partial charge in [0.25, 0.3) is 0 Å². The molecule has 1 aromatic rings. The number of guanidine groups is 1. The van der Waals surface area contributed by atoms with Crippen LogP contribution in [0.15, 0.2) is 17.1 Å². The van der Waals surface area contributed by atoms with Crippen LogP contribution in [-0.2, 0) is 6.54 Å². The van der Waals surface area contributed by atoms with Gasteiger partial charge in [-0.25, -0.2) is 0 Å². The molecule has 27 heavy (non-hydrogen) atoms. The average molecular weight is 491 g/mol. The first-order chi connectivity index (χ1) is 12.7. The number of hydrogen-bond acceptors (Lipinski definition) is 4. The molecule has 1 saturated carbocycles. The van der Waals surface area contributed by atoms with Crippen LogP contribution in [0.2, 0.25) is 0 Å². The summed E-state index contributed by atoms with van der Waals surface area (Å²) in [5.74, 6) is 3.60. The Bertz CT molecular complexity index is 565. The predicted octanol–water partition coefficient (Wildman–Crippen LogP) is 3.97. The lowest BCUT2D eigenvalue weighted by Gasteiger charge is -2.22. The van der Waals surface area contributed by atoms with Crippen LogP contribution in [0.1, 0.15) is 44.1 Å². The number of methoxy groups -OCH3 is 3. The molecule has 1 aromatic carbocycles.